The summed E-state index contributed by atoms with van der Waals surface area (Å²) < 4.78 is 30.1. The van der Waals surface area contributed by atoms with E-state index in [1.807, 2.05) is 0 Å². The summed E-state index contributed by atoms with van der Waals surface area (Å²) in [7, 11) is 1.31. The molecule has 1 rings (SSSR count). The van der Waals surface area contributed by atoms with Gasteiger partial charge in [0.25, 0.3) is 6.43 Å². The summed E-state index contributed by atoms with van der Waals surface area (Å²) in [6.07, 6.45) is -3.29. The van der Waals surface area contributed by atoms with E-state index in [9.17, 15) is 13.6 Å². The van der Waals surface area contributed by atoms with Crippen LogP contribution in [-0.2, 0) is 11.2 Å². The van der Waals surface area contributed by atoms with Gasteiger partial charge in [0.2, 0.25) is 5.88 Å². The fraction of sp³-hybridized carbons (Fsp3) is 0.400. The zero-order valence-electron chi connectivity index (χ0n) is 8.83. The highest BCUT2D eigenvalue weighted by Gasteiger charge is 2.20. The van der Waals surface area contributed by atoms with Crippen LogP contribution in [0, 0.1) is 6.92 Å². The topological polar surface area (TPSA) is 59.4 Å². The van der Waals surface area contributed by atoms with Gasteiger partial charge in [0.1, 0.15) is 5.69 Å². The van der Waals surface area contributed by atoms with Crippen LogP contribution >= 0.6 is 0 Å². The Morgan fingerprint density at radius 1 is 1.62 bits per heavy atom. The van der Waals surface area contributed by atoms with Crippen molar-refractivity contribution in [2.24, 2.45) is 0 Å². The highest BCUT2D eigenvalue weighted by molar-refractivity contribution is 5.71. The van der Waals surface area contributed by atoms with Crippen molar-refractivity contribution < 1.29 is 23.4 Å². The highest BCUT2D eigenvalue weighted by atomic mass is 19.3. The number of aromatic nitrogens is 1. The lowest BCUT2D eigenvalue weighted by atomic mass is 10.0. The summed E-state index contributed by atoms with van der Waals surface area (Å²) in [5, 5.41) is 8.62. The molecular weight excluding hydrogens is 220 g/mol. The van der Waals surface area contributed by atoms with Gasteiger partial charge < -0.3 is 9.84 Å². The van der Waals surface area contributed by atoms with E-state index in [1.165, 1.54) is 13.2 Å². The van der Waals surface area contributed by atoms with Crippen LogP contribution < -0.4 is 4.74 Å². The summed E-state index contributed by atoms with van der Waals surface area (Å²) in [5.74, 6) is -1.11. The van der Waals surface area contributed by atoms with Crippen molar-refractivity contribution in [3.8, 4) is 5.88 Å². The normalized spacial score (nSPS) is 10.6. The number of nitrogens with zero attached hydrogens (tertiary/aromatic N) is 1. The van der Waals surface area contributed by atoms with Crippen LogP contribution in [0.25, 0.3) is 0 Å². The number of carboxylic acid groups (broad SMARTS) is 1. The van der Waals surface area contributed by atoms with Crippen molar-refractivity contribution >= 4 is 5.97 Å². The number of carboxylic acids is 1. The predicted octanol–water partition coefficient (Wildman–Crippen LogP) is 1.96. The van der Waals surface area contributed by atoms with Crippen molar-refractivity contribution in [1.29, 1.82) is 0 Å². The minimum atomic E-state index is -2.82. The first-order valence-electron chi connectivity index (χ1n) is 4.50. The van der Waals surface area contributed by atoms with Crippen molar-refractivity contribution in [2.75, 3.05) is 7.11 Å². The summed E-state index contributed by atoms with van der Waals surface area (Å²) in [6.45, 7) is 1.55. The van der Waals surface area contributed by atoms with Gasteiger partial charge in [0.05, 0.1) is 13.5 Å². The quantitative estimate of drug-likeness (QED) is 0.860. The first-order chi connectivity index (χ1) is 7.45. The molecule has 0 fully saturated rings. The second kappa shape index (κ2) is 4.87. The fourth-order valence-electron chi connectivity index (χ4n) is 1.36. The molecule has 0 aliphatic carbocycles. The van der Waals surface area contributed by atoms with Gasteiger partial charge in [-0.05, 0) is 18.1 Å². The average Bonchev–Trinajstić information content (AvgIpc) is 2.19. The zero-order valence-corrected chi connectivity index (χ0v) is 8.83. The number of rotatable bonds is 4. The van der Waals surface area contributed by atoms with Crippen LogP contribution in [0.5, 0.6) is 5.88 Å². The SMILES string of the molecule is COc1cc(C)c(CC(=O)O)c(C(F)F)n1. The van der Waals surface area contributed by atoms with Gasteiger partial charge in [-0.1, -0.05) is 0 Å². The molecule has 0 atom stereocenters. The van der Waals surface area contributed by atoms with Gasteiger partial charge in [-0.2, -0.15) is 0 Å². The molecule has 4 nitrogen and oxygen atoms in total. The number of ether oxygens (including phenoxy) is 1. The van der Waals surface area contributed by atoms with Gasteiger partial charge in [0.15, 0.2) is 0 Å². The Bertz CT molecular complexity index is 407. The molecule has 0 aliphatic rings. The molecule has 0 unspecified atom stereocenters. The second-order valence-electron chi connectivity index (χ2n) is 3.22. The largest absolute Gasteiger partial charge is 0.481 e. The van der Waals surface area contributed by atoms with Crippen LogP contribution in [0.4, 0.5) is 8.78 Å². The molecule has 1 heterocycles. The number of methoxy groups -OCH3 is 1. The van der Waals surface area contributed by atoms with Crippen LogP contribution in [-0.4, -0.2) is 23.2 Å². The lowest BCUT2D eigenvalue weighted by Crippen LogP contribution is -2.09. The van der Waals surface area contributed by atoms with E-state index in [0.717, 1.165) is 0 Å². The van der Waals surface area contributed by atoms with Gasteiger partial charge in [-0.15, -0.1) is 0 Å². The third-order valence-corrected chi connectivity index (χ3v) is 2.10. The Kier molecular flexibility index (Phi) is 3.76. The first kappa shape index (κ1) is 12.4. The standard InChI is InChI=1S/C10H11F2NO3/c1-5-3-7(16-2)13-9(10(11)12)6(5)4-8(14)15/h3,10H,4H2,1-2H3,(H,14,15). The van der Waals surface area contributed by atoms with Crippen LogP contribution in [0.15, 0.2) is 6.07 Å². The van der Waals surface area contributed by atoms with Gasteiger partial charge in [-0.25, -0.2) is 13.8 Å². The van der Waals surface area contributed by atoms with E-state index >= 15 is 0 Å². The van der Waals surface area contributed by atoms with E-state index in [-0.39, 0.29) is 11.4 Å². The molecule has 0 radical (unpaired) electrons. The lowest BCUT2D eigenvalue weighted by Gasteiger charge is -2.11. The zero-order chi connectivity index (χ0) is 12.3. The molecule has 1 aromatic heterocycles. The third kappa shape index (κ3) is 2.65. The number of aliphatic carboxylic acids is 1. The van der Waals surface area contributed by atoms with E-state index < -0.39 is 24.5 Å². The molecule has 0 amide bonds. The number of pyridine rings is 1. The molecular formula is C10H11F2NO3. The number of halogens is 2. The number of alkyl halides is 2. The van der Waals surface area contributed by atoms with Crippen molar-refractivity contribution in [3.63, 3.8) is 0 Å². The summed E-state index contributed by atoms with van der Waals surface area (Å²) >= 11 is 0. The average molecular weight is 231 g/mol. The third-order valence-electron chi connectivity index (χ3n) is 2.10. The van der Waals surface area contributed by atoms with Crippen molar-refractivity contribution in [2.45, 2.75) is 19.8 Å². The summed E-state index contributed by atoms with van der Waals surface area (Å²) in [6, 6.07) is 1.43. The van der Waals surface area contributed by atoms with Crippen LogP contribution in [0.3, 0.4) is 0 Å². The summed E-state index contributed by atoms with van der Waals surface area (Å²) in [5.41, 5.74) is -0.0490. The Morgan fingerprint density at radius 3 is 2.69 bits per heavy atom. The monoisotopic (exact) mass is 231 g/mol. The smallest absolute Gasteiger partial charge is 0.307 e. The molecule has 1 N–H and O–H groups in total. The summed E-state index contributed by atoms with van der Waals surface area (Å²) in [4.78, 5) is 14.1. The molecule has 16 heavy (non-hydrogen) atoms. The minimum absolute atomic E-state index is 0.0447. The van der Waals surface area contributed by atoms with E-state index in [4.69, 9.17) is 9.84 Å². The molecule has 0 saturated carbocycles. The first-order valence-corrected chi connectivity index (χ1v) is 4.50. The molecule has 0 bridgehead atoms. The van der Waals surface area contributed by atoms with Crippen molar-refractivity contribution in [3.05, 3.63) is 22.9 Å². The molecule has 0 aromatic carbocycles. The number of hydrogen-bond donors (Lipinski definition) is 1. The van der Waals surface area contributed by atoms with Gasteiger partial charge in [-0.3, -0.25) is 4.79 Å². The van der Waals surface area contributed by atoms with E-state index in [0.29, 0.717) is 5.56 Å². The Balaban J connectivity index is 3.27. The Hall–Kier alpha value is -1.72. The minimum Gasteiger partial charge on any atom is -0.481 e. The molecule has 0 saturated heterocycles. The number of hydrogen-bond acceptors (Lipinski definition) is 3. The second-order valence-corrected chi connectivity index (χ2v) is 3.22. The van der Waals surface area contributed by atoms with Crippen LogP contribution in [0.1, 0.15) is 23.2 Å². The maximum atomic E-state index is 12.7. The highest BCUT2D eigenvalue weighted by Crippen LogP contribution is 2.27. The molecule has 0 aliphatic heterocycles. The molecule has 1 aromatic rings. The number of carbonyl (C=O) groups is 1. The van der Waals surface area contributed by atoms with Crippen molar-refractivity contribution in [1.82, 2.24) is 4.98 Å². The maximum Gasteiger partial charge on any atom is 0.307 e. The number of aryl methyl sites for hydroxylation is 1. The van der Waals surface area contributed by atoms with E-state index in [1.54, 1.807) is 6.92 Å². The predicted molar refractivity (Wildman–Crippen MR) is 51.8 cm³/mol. The Labute approximate surface area is 90.9 Å². The van der Waals surface area contributed by atoms with Gasteiger partial charge in [0, 0.05) is 6.07 Å². The van der Waals surface area contributed by atoms with E-state index in [2.05, 4.69) is 4.98 Å². The van der Waals surface area contributed by atoms with Gasteiger partial charge >= 0.3 is 5.97 Å². The Morgan fingerprint density at radius 2 is 2.25 bits per heavy atom. The van der Waals surface area contributed by atoms with Crippen LogP contribution in [0.2, 0.25) is 0 Å². The fourth-order valence-corrected chi connectivity index (χ4v) is 1.36. The molecule has 88 valence electrons. The molecule has 6 heteroatoms. The molecule has 0 spiro atoms. The maximum absolute atomic E-state index is 12.7. The lowest BCUT2D eigenvalue weighted by molar-refractivity contribution is -0.136.